The molecular weight excluding hydrogens is 292 g/mol. The largest absolute Gasteiger partial charge is 0.443 e. The van der Waals surface area contributed by atoms with Crippen LogP contribution in [0.15, 0.2) is 53.2 Å². The van der Waals surface area contributed by atoms with Crippen LogP contribution < -0.4 is 4.74 Å². The van der Waals surface area contributed by atoms with Gasteiger partial charge in [0.05, 0.1) is 0 Å². The Morgan fingerprint density at radius 3 is 2.43 bits per heavy atom. The van der Waals surface area contributed by atoms with Crippen LogP contribution in [0.4, 0.5) is 0 Å². The number of nitrogens with zero attached hydrogens (tertiary/aromatic N) is 2. The number of rotatable bonds is 3. The molecular formula is C18H14N2O3. The third-order valence-corrected chi connectivity index (χ3v) is 3.45. The molecule has 3 rings (SSSR count). The molecule has 0 amide bonds. The minimum absolute atomic E-state index is 0.150. The Hall–Kier alpha value is -3.26. The van der Waals surface area contributed by atoms with E-state index in [2.05, 4.69) is 0 Å². The van der Waals surface area contributed by atoms with Crippen LogP contribution >= 0.6 is 0 Å². The normalized spacial score (nSPS) is 10.3. The van der Waals surface area contributed by atoms with Crippen molar-refractivity contribution in [1.29, 1.82) is 5.26 Å². The predicted molar refractivity (Wildman–Crippen MR) is 83.6 cm³/mol. The van der Waals surface area contributed by atoms with Crippen LogP contribution in [0.3, 0.4) is 0 Å². The second-order valence-electron chi connectivity index (χ2n) is 5.12. The maximum absolute atomic E-state index is 12.4. The van der Waals surface area contributed by atoms with E-state index in [0.29, 0.717) is 17.4 Å². The summed E-state index contributed by atoms with van der Waals surface area (Å²) in [6, 6.07) is 12.8. The van der Waals surface area contributed by atoms with Crippen LogP contribution in [0, 0.1) is 25.2 Å². The molecule has 0 bridgehead atoms. The fraction of sp³-hybridized carbons (Fsp3) is 0.111. The Morgan fingerprint density at radius 1 is 1.17 bits per heavy atom. The maximum Gasteiger partial charge on any atom is 0.348 e. The molecule has 0 saturated carbocycles. The van der Waals surface area contributed by atoms with Gasteiger partial charge in [0, 0.05) is 12.4 Å². The highest BCUT2D eigenvalue weighted by atomic mass is 16.5. The zero-order valence-corrected chi connectivity index (χ0v) is 12.7. The summed E-state index contributed by atoms with van der Waals surface area (Å²) in [5, 5.41) is 9.43. The van der Waals surface area contributed by atoms with Gasteiger partial charge in [0.2, 0.25) is 5.88 Å². The molecule has 0 aliphatic heterocycles. The number of carbonyl (C=O) groups is 1. The molecule has 114 valence electrons. The molecule has 0 spiro atoms. The van der Waals surface area contributed by atoms with Crippen LogP contribution in [-0.2, 0) is 0 Å². The van der Waals surface area contributed by atoms with Crippen LogP contribution in [0.2, 0.25) is 0 Å². The van der Waals surface area contributed by atoms with Crippen LogP contribution in [0.1, 0.15) is 27.2 Å². The van der Waals surface area contributed by atoms with Crippen molar-refractivity contribution in [2.24, 2.45) is 0 Å². The lowest BCUT2D eigenvalue weighted by molar-refractivity contribution is 0.0732. The first-order chi connectivity index (χ1) is 11.1. The number of aromatic nitrogens is 1. The molecule has 5 heteroatoms. The molecule has 0 aliphatic rings. The first-order valence-corrected chi connectivity index (χ1v) is 7.06. The van der Waals surface area contributed by atoms with Gasteiger partial charge >= 0.3 is 5.97 Å². The van der Waals surface area contributed by atoms with Gasteiger partial charge in [-0.3, -0.25) is 4.57 Å². The summed E-state index contributed by atoms with van der Waals surface area (Å²) in [4.78, 5) is 12.4. The molecule has 2 heterocycles. The summed E-state index contributed by atoms with van der Waals surface area (Å²) in [7, 11) is 0. The van der Waals surface area contributed by atoms with Crippen LogP contribution in [0.5, 0.6) is 5.75 Å². The first-order valence-electron chi connectivity index (χ1n) is 7.06. The average Bonchev–Trinajstić information content (AvgIpc) is 3.16. The van der Waals surface area contributed by atoms with E-state index in [1.54, 1.807) is 36.0 Å². The van der Waals surface area contributed by atoms with Gasteiger partial charge in [0.15, 0.2) is 0 Å². The minimum atomic E-state index is -0.606. The van der Waals surface area contributed by atoms with E-state index < -0.39 is 5.97 Å². The second kappa shape index (κ2) is 5.85. The number of aryl methyl sites for hydroxylation is 2. The molecule has 0 unspecified atom stereocenters. The van der Waals surface area contributed by atoms with Gasteiger partial charge in [-0.15, -0.1) is 0 Å². The number of hydrogen-bond donors (Lipinski definition) is 0. The molecule has 0 atom stereocenters. The minimum Gasteiger partial charge on any atom is -0.443 e. The number of hydrogen-bond acceptors (Lipinski definition) is 4. The highest BCUT2D eigenvalue weighted by molar-refractivity contribution is 5.95. The third kappa shape index (κ3) is 2.74. The van der Waals surface area contributed by atoms with Gasteiger partial charge in [0.25, 0.3) is 0 Å². The van der Waals surface area contributed by atoms with Crippen molar-refractivity contribution >= 4 is 5.97 Å². The predicted octanol–water partition coefficient (Wildman–Crippen LogP) is 3.78. The molecule has 2 aromatic heterocycles. The summed E-state index contributed by atoms with van der Waals surface area (Å²) in [6.07, 6.45) is 3.49. The summed E-state index contributed by atoms with van der Waals surface area (Å²) < 4.78 is 12.6. The molecule has 0 saturated heterocycles. The highest BCUT2D eigenvalue weighted by Crippen LogP contribution is 2.26. The van der Waals surface area contributed by atoms with Crippen molar-refractivity contribution in [2.75, 3.05) is 0 Å². The lowest BCUT2D eigenvalue weighted by Crippen LogP contribution is -2.10. The first kappa shape index (κ1) is 14.7. The van der Waals surface area contributed by atoms with Crippen molar-refractivity contribution < 1.29 is 13.9 Å². The van der Waals surface area contributed by atoms with Crippen molar-refractivity contribution in [3.8, 4) is 17.7 Å². The zero-order valence-electron chi connectivity index (χ0n) is 12.7. The van der Waals surface area contributed by atoms with Gasteiger partial charge < -0.3 is 9.15 Å². The Morgan fingerprint density at radius 2 is 1.83 bits per heavy atom. The van der Waals surface area contributed by atoms with Gasteiger partial charge in [-0.1, -0.05) is 17.7 Å². The number of nitriles is 1. The summed E-state index contributed by atoms with van der Waals surface area (Å²) >= 11 is 0. The van der Waals surface area contributed by atoms with Crippen LogP contribution in [0.25, 0.3) is 5.88 Å². The Labute approximate surface area is 133 Å². The highest BCUT2D eigenvalue weighted by Gasteiger charge is 2.26. The average molecular weight is 306 g/mol. The molecule has 0 radical (unpaired) electrons. The Kier molecular flexibility index (Phi) is 3.73. The monoisotopic (exact) mass is 306 g/mol. The van der Waals surface area contributed by atoms with Crippen molar-refractivity contribution in [2.45, 2.75) is 13.8 Å². The number of furan rings is 1. The van der Waals surface area contributed by atoms with Crippen molar-refractivity contribution in [1.82, 2.24) is 4.57 Å². The standard InChI is InChI=1S/C18H14N2O3/c1-12-5-7-14(8-6-12)23-18(21)16-13(2)22-17(15(16)11-19)20-9-3-4-10-20/h3-10H,1-2H3. The van der Waals surface area contributed by atoms with Gasteiger partial charge in [0.1, 0.15) is 28.7 Å². The SMILES string of the molecule is Cc1ccc(OC(=O)c2c(C)oc(-n3cccc3)c2C#N)cc1. The fourth-order valence-corrected chi connectivity index (χ4v) is 2.30. The Balaban J connectivity index is 1.98. The molecule has 5 nitrogen and oxygen atoms in total. The van der Waals surface area contributed by atoms with Crippen molar-refractivity contribution in [3.05, 3.63) is 71.2 Å². The summed E-state index contributed by atoms with van der Waals surface area (Å²) in [6.45, 7) is 3.59. The quantitative estimate of drug-likeness (QED) is 0.545. The lowest BCUT2D eigenvalue weighted by Gasteiger charge is -2.04. The fourth-order valence-electron chi connectivity index (χ4n) is 2.30. The molecule has 0 fully saturated rings. The van der Waals surface area contributed by atoms with E-state index >= 15 is 0 Å². The third-order valence-electron chi connectivity index (χ3n) is 3.45. The van der Waals surface area contributed by atoms with Gasteiger partial charge in [-0.25, -0.2) is 4.79 Å². The number of carbonyl (C=O) groups excluding carboxylic acids is 1. The van der Waals surface area contributed by atoms with E-state index in [9.17, 15) is 10.1 Å². The molecule has 3 aromatic rings. The van der Waals surface area contributed by atoms with Crippen molar-refractivity contribution in [3.63, 3.8) is 0 Å². The zero-order chi connectivity index (χ0) is 16.4. The smallest absolute Gasteiger partial charge is 0.348 e. The summed E-state index contributed by atoms with van der Waals surface area (Å²) in [5.41, 5.74) is 1.38. The number of esters is 1. The van der Waals surface area contributed by atoms with Gasteiger partial charge in [-0.05, 0) is 38.1 Å². The summed E-state index contributed by atoms with van der Waals surface area (Å²) in [5.74, 6) is 0.478. The van der Waals surface area contributed by atoms with Crippen LogP contribution in [-0.4, -0.2) is 10.5 Å². The molecule has 0 aliphatic carbocycles. The molecule has 0 N–H and O–H groups in total. The number of benzene rings is 1. The molecule has 23 heavy (non-hydrogen) atoms. The van der Waals surface area contributed by atoms with E-state index in [4.69, 9.17) is 9.15 Å². The van der Waals surface area contributed by atoms with Gasteiger partial charge in [-0.2, -0.15) is 5.26 Å². The molecule has 1 aromatic carbocycles. The lowest BCUT2D eigenvalue weighted by atomic mass is 10.1. The van der Waals surface area contributed by atoms with E-state index in [0.717, 1.165) is 5.56 Å². The maximum atomic E-state index is 12.4. The van der Waals surface area contributed by atoms with E-state index in [1.165, 1.54) is 0 Å². The Bertz CT molecular complexity index is 882. The van der Waals surface area contributed by atoms with E-state index in [1.807, 2.05) is 37.3 Å². The second-order valence-corrected chi connectivity index (χ2v) is 5.12. The van der Waals surface area contributed by atoms with E-state index in [-0.39, 0.29) is 11.1 Å². The topological polar surface area (TPSA) is 68.2 Å². The number of ether oxygens (including phenoxy) is 1.